The molecule has 1 N–H and O–H groups in total. The highest BCUT2D eigenvalue weighted by molar-refractivity contribution is 7.92. The highest BCUT2D eigenvalue weighted by Crippen LogP contribution is 2.34. The summed E-state index contributed by atoms with van der Waals surface area (Å²) in [6.07, 6.45) is 0.933. The van der Waals surface area contributed by atoms with Crippen molar-refractivity contribution in [2.75, 3.05) is 10.8 Å². The lowest BCUT2D eigenvalue weighted by atomic mass is 10.1. The van der Waals surface area contributed by atoms with Crippen LogP contribution in [0.4, 0.5) is 5.69 Å². The van der Waals surface area contributed by atoms with Gasteiger partial charge in [-0.05, 0) is 62.2 Å². The van der Waals surface area contributed by atoms with Crippen LogP contribution < -0.4 is 9.62 Å². The summed E-state index contributed by atoms with van der Waals surface area (Å²) in [6, 6.07) is 15.8. The molecule has 220 valence electrons. The van der Waals surface area contributed by atoms with Crippen LogP contribution in [-0.4, -0.2) is 43.8 Å². The van der Waals surface area contributed by atoms with Gasteiger partial charge in [-0.3, -0.25) is 13.9 Å². The number of anilines is 1. The van der Waals surface area contributed by atoms with Crippen molar-refractivity contribution in [3.8, 4) is 0 Å². The third-order valence-corrected chi connectivity index (χ3v) is 9.60. The maximum absolute atomic E-state index is 14.2. The molecule has 0 aliphatic rings. The second-order valence-electron chi connectivity index (χ2n) is 9.38. The second kappa shape index (κ2) is 14.6. The van der Waals surface area contributed by atoms with E-state index in [-0.39, 0.29) is 45.5 Å². The molecule has 7 nitrogen and oxygen atoms in total. The van der Waals surface area contributed by atoms with Crippen LogP contribution in [-0.2, 0) is 26.2 Å². The zero-order valence-corrected chi connectivity index (χ0v) is 26.6. The van der Waals surface area contributed by atoms with E-state index in [2.05, 4.69) is 5.32 Å². The maximum atomic E-state index is 14.2. The first kappa shape index (κ1) is 33.0. The number of sulfonamides is 1. The number of nitrogens with zero attached hydrogens (tertiary/aromatic N) is 2. The molecular weight excluding hydrogens is 628 g/mol. The van der Waals surface area contributed by atoms with Gasteiger partial charge in [-0.15, -0.1) is 0 Å². The molecule has 2 atom stereocenters. The number of hydrogen-bond donors (Lipinski definition) is 1. The summed E-state index contributed by atoms with van der Waals surface area (Å²) < 4.78 is 28.7. The Bertz CT molecular complexity index is 1470. The average Bonchev–Trinajstić information content (AvgIpc) is 2.94. The van der Waals surface area contributed by atoms with Crippen LogP contribution in [0, 0.1) is 0 Å². The summed E-state index contributed by atoms with van der Waals surface area (Å²) in [5.41, 5.74) is 0.446. The van der Waals surface area contributed by atoms with E-state index in [9.17, 15) is 18.0 Å². The molecule has 3 rings (SSSR count). The summed E-state index contributed by atoms with van der Waals surface area (Å²) in [6.45, 7) is 4.75. The number of carbonyl (C=O) groups is 2. The predicted octanol–water partition coefficient (Wildman–Crippen LogP) is 7.22. The van der Waals surface area contributed by atoms with Gasteiger partial charge < -0.3 is 10.2 Å². The molecule has 0 aromatic heterocycles. The molecule has 12 heteroatoms. The fourth-order valence-corrected chi connectivity index (χ4v) is 6.52. The summed E-state index contributed by atoms with van der Waals surface area (Å²) in [5.74, 6) is -1.04. The molecule has 41 heavy (non-hydrogen) atoms. The number of carbonyl (C=O) groups excluding carboxylic acids is 2. The molecule has 0 unspecified atom stereocenters. The van der Waals surface area contributed by atoms with Crippen molar-refractivity contribution in [1.29, 1.82) is 0 Å². The minimum atomic E-state index is -4.30. The molecule has 0 saturated carbocycles. The highest BCUT2D eigenvalue weighted by Gasteiger charge is 2.35. The monoisotopic (exact) mass is 657 g/mol. The molecule has 0 bridgehead atoms. The van der Waals surface area contributed by atoms with Gasteiger partial charge in [0, 0.05) is 33.2 Å². The van der Waals surface area contributed by atoms with Crippen molar-refractivity contribution >= 4 is 73.9 Å². The van der Waals surface area contributed by atoms with Gasteiger partial charge in [0.1, 0.15) is 12.6 Å². The van der Waals surface area contributed by atoms with Crippen molar-refractivity contribution < 1.29 is 18.0 Å². The van der Waals surface area contributed by atoms with Gasteiger partial charge in [0.05, 0.1) is 15.6 Å². The number of rotatable bonds is 12. The predicted molar refractivity (Wildman–Crippen MR) is 166 cm³/mol. The van der Waals surface area contributed by atoms with Gasteiger partial charge in [0.25, 0.3) is 10.0 Å². The van der Waals surface area contributed by atoms with Crippen LogP contribution >= 0.6 is 46.4 Å². The number of halogens is 4. The van der Waals surface area contributed by atoms with Crippen LogP contribution in [0.2, 0.25) is 20.1 Å². The molecule has 0 saturated heterocycles. The van der Waals surface area contributed by atoms with Crippen molar-refractivity contribution in [3.05, 3.63) is 92.4 Å². The smallest absolute Gasteiger partial charge is 0.264 e. The maximum Gasteiger partial charge on any atom is 0.264 e. The molecule has 3 aromatic carbocycles. The van der Waals surface area contributed by atoms with Crippen LogP contribution in [0.5, 0.6) is 0 Å². The lowest BCUT2D eigenvalue weighted by Gasteiger charge is -2.34. The van der Waals surface area contributed by atoms with Crippen LogP contribution in [0.25, 0.3) is 0 Å². The van der Waals surface area contributed by atoms with Crippen molar-refractivity contribution in [3.63, 3.8) is 0 Å². The van der Waals surface area contributed by atoms with Gasteiger partial charge in [-0.2, -0.15) is 0 Å². The first-order chi connectivity index (χ1) is 19.4. The number of benzene rings is 3. The summed E-state index contributed by atoms with van der Waals surface area (Å²) in [7, 11) is -4.30. The Labute approximate surface area is 261 Å². The first-order valence-corrected chi connectivity index (χ1v) is 15.9. The molecule has 0 aliphatic carbocycles. The Balaban J connectivity index is 2.13. The number of amides is 2. The normalized spacial score (nSPS) is 12.9. The van der Waals surface area contributed by atoms with Crippen molar-refractivity contribution in [2.24, 2.45) is 0 Å². The molecule has 0 fully saturated rings. The van der Waals surface area contributed by atoms with E-state index < -0.39 is 28.5 Å². The lowest BCUT2D eigenvalue weighted by Crippen LogP contribution is -2.53. The van der Waals surface area contributed by atoms with Gasteiger partial charge >= 0.3 is 0 Å². The quantitative estimate of drug-likeness (QED) is 0.223. The third kappa shape index (κ3) is 8.08. The third-order valence-electron chi connectivity index (χ3n) is 6.56. The van der Waals surface area contributed by atoms with E-state index in [4.69, 9.17) is 46.4 Å². The first-order valence-electron chi connectivity index (χ1n) is 13.0. The fourth-order valence-electron chi connectivity index (χ4n) is 4.12. The van der Waals surface area contributed by atoms with E-state index in [0.717, 1.165) is 4.31 Å². The fraction of sp³-hybridized carbons (Fsp3) is 0.310. The Hall–Kier alpha value is -2.49. The van der Waals surface area contributed by atoms with Crippen molar-refractivity contribution in [2.45, 2.75) is 57.1 Å². The van der Waals surface area contributed by atoms with Crippen LogP contribution in [0.3, 0.4) is 0 Å². The summed E-state index contributed by atoms with van der Waals surface area (Å²) in [4.78, 5) is 28.8. The van der Waals surface area contributed by atoms with Gasteiger partial charge in [-0.25, -0.2) is 8.42 Å². The molecule has 0 aliphatic heterocycles. The Morgan fingerprint density at radius 3 is 2.07 bits per heavy atom. The van der Waals surface area contributed by atoms with Crippen LogP contribution in [0.1, 0.15) is 39.2 Å². The van der Waals surface area contributed by atoms with E-state index in [1.54, 1.807) is 43.3 Å². The zero-order valence-electron chi connectivity index (χ0n) is 22.8. The lowest BCUT2D eigenvalue weighted by molar-refractivity contribution is -0.140. The zero-order chi connectivity index (χ0) is 30.3. The van der Waals surface area contributed by atoms with Gasteiger partial charge in [0.2, 0.25) is 11.8 Å². The minimum absolute atomic E-state index is 0.0178. The molecule has 0 radical (unpaired) electrons. The van der Waals surface area contributed by atoms with Crippen molar-refractivity contribution in [1.82, 2.24) is 10.2 Å². The minimum Gasteiger partial charge on any atom is -0.352 e. The average molecular weight is 659 g/mol. The van der Waals surface area contributed by atoms with Gasteiger partial charge in [-0.1, -0.05) is 84.5 Å². The SMILES string of the molecule is CC[C@@H](C)NC(=O)[C@H](CC)N(Cc1c(Cl)cccc1Cl)C(=O)CN(c1cc(Cl)ccc1Cl)S(=O)(=O)c1ccccc1. The van der Waals surface area contributed by atoms with Crippen LogP contribution in [0.15, 0.2) is 71.6 Å². The standard InChI is InChI=1S/C29H31Cl4N3O4S/c1-4-19(3)34-29(38)26(5-2)35(17-22-23(31)12-9-13-24(22)32)28(37)18-36(27-16-20(30)14-15-25(27)33)41(39,40)21-10-7-6-8-11-21/h6-16,19,26H,4-5,17-18H2,1-3H3,(H,34,38)/t19-,26+/m1/s1. The second-order valence-corrected chi connectivity index (χ2v) is 12.9. The largest absolute Gasteiger partial charge is 0.352 e. The van der Waals surface area contributed by atoms with E-state index in [0.29, 0.717) is 22.0 Å². The molecule has 3 aromatic rings. The molecule has 0 heterocycles. The van der Waals surface area contributed by atoms with E-state index in [1.807, 2.05) is 13.8 Å². The topological polar surface area (TPSA) is 86.8 Å². The Morgan fingerprint density at radius 2 is 1.49 bits per heavy atom. The Kier molecular flexibility index (Phi) is 11.8. The molecule has 2 amide bonds. The van der Waals surface area contributed by atoms with E-state index >= 15 is 0 Å². The van der Waals surface area contributed by atoms with E-state index in [1.165, 1.54) is 35.2 Å². The van der Waals surface area contributed by atoms with Gasteiger partial charge in [0.15, 0.2) is 0 Å². The number of hydrogen-bond acceptors (Lipinski definition) is 4. The Morgan fingerprint density at radius 1 is 0.854 bits per heavy atom. The summed E-state index contributed by atoms with van der Waals surface area (Å²) in [5, 5.41) is 3.83. The number of nitrogens with one attached hydrogen (secondary N) is 1. The summed E-state index contributed by atoms with van der Waals surface area (Å²) >= 11 is 25.5. The molecular formula is C29H31Cl4N3O4S. The highest BCUT2D eigenvalue weighted by atomic mass is 35.5. The molecule has 0 spiro atoms.